The van der Waals surface area contributed by atoms with Gasteiger partial charge in [-0.15, -0.1) is 0 Å². The van der Waals surface area contributed by atoms with Gasteiger partial charge >= 0.3 is 0 Å². The van der Waals surface area contributed by atoms with Crippen LogP contribution in [0, 0.1) is 0 Å². The minimum absolute atomic E-state index is 0.0611. The van der Waals surface area contributed by atoms with Gasteiger partial charge < -0.3 is 10.1 Å². The number of hydrogen-bond donors (Lipinski definition) is 1. The van der Waals surface area contributed by atoms with E-state index in [1.165, 1.54) is 17.5 Å². The van der Waals surface area contributed by atoms with Crippen molar-refractivity contribution in [1.82, 2.24) is 15.3 Å². The minimum Gasteiger partial charge on any atom is -0.439 e. The van der Waals surface area contributed by atoms with Gasteiger partial charge in [0.1, 0.15) is 12.1 Å². The Hall–Kier alpha value is -3.99. The van der Waals surface area contributed by atoms with Gasteiger partial charge in [-0.05, 0) is 54.7 Å². The zero-order chi connectivity index (χ0) is 21.8. The molecule has 0 spiro atoms. The summed E-state index contributed by atoms with van der Waals surface area (Å²) in [5, 5.41) is 3.20. The number of carbonyl (C=O) groups is 1. The molecule has 0 fully saturated rings. The average Bonchev–Trinajstić information content (AvgIpc) is 2.85. The molecule has 3 aromatic carbocycles. The maximum Gasteiger partial charge on any atom is 0.251 e. The molecule has 5 heteroatoms. The van der Waals surface area contributed by atoms with Crippen molar-refractivity contribution in [3.63, 3.8) is 0 Å². The highest BCUT2D eigenvalue weighted by atomic mass is 16.5. The molecule has 158 valence electrons. The molecule has 4 aromatic rings. The molecule has 0 saturated carbocycles. The van der Waals surface area contributed by atoms with Gasteiger partial charge in [0.2, 0.25) is 5.88 Å². The van der Waals surface area contributed by atoms with Crippen LogP contribution in [0.2, 0.25) is 0 Å². The fourth-order valence-electron chi connectivity index (χ4n) is 4.10. The Bertz CT molecular complexity index is 1220. The molecule has 1 N–H and O–H groups in total. The van der Waals surface area contributed by atoms with Crippen LogP contribution >= 0.6 is 0 Å². The van der Waals surface area contributed by atoms with Crippen LogP contribution in [-0.2, 0) is 6.42 Å². The summed E-state index contributed by atoms with van der Waals surface area (Å²) in [6.45, 7) is 0. The van der Waals surface area contributed by atoms with Crippen LogP contribution in [0.3, 0.4) is 0 Å². The summed E-state index contributed by atoms with van der Waals surface area (Å²) in [5.41, 5.74) is 4.82. The normalized spacial score (nSPS) is 14.9. The molecule has 0 bridgehead atoms. The zero-order valence-corrected chi connectivity index (χ0v) is 17.6. The number of rotatable bonds is 5. The average molecular weight is 422 g/mol. The van der Waals surface area contributed by atoms with Crippen molar-refractivity contribution >= 4 is 5.91 Å². The Morgan fingerprint density at radius 1 is 0.906 bits per heavy atom. The number of ether oxygens (including phenoxy) is 1. The van der Waals surface area contributed by atoms with E-state index in [4.69, 9.17) is 4.74 Å². The van der Waals surface area contributed by atoms with E-state index in [1.54, 1.807) is 6.07 Å². The van der Waals surface area contributed by atoms with E-state index in [0.29, 0.717) is 17.2 Å². The molecule has 1 aromatic heterocycles. The number of fused-ring (bicyclic) bond motifs is 1. The highest BCUT2D eigenvalue weighted by Gasteiger charge is 2.21. The number of nitrogens with one attached hydrogen (secondary N) is 1. The second kappa shape index (κ2) is 9.02. The summed E-state index contributed by atoms with van der Waals surface area (Å²) in [7, 11) is 0. The van der Waals surface area contributed by atoms with E-state index in [1.807, 2.05) is 60.7 Å². The number of amides is 1. The van der Waals surface area contributed by atoms with Gasteiger partial charge in [-0.1, -0.05) is 54.6 Å². The van der Waals surface area contributed by atoms with Crippen molar-refractivity contribution in [1.29, 1.82) is 0 Å². The summed E-state index contributed by atoms with van der Waals surface area (Å²) < 4.78 is 5.80. The van der Waals surface area contributed by atoms with Crippen molar-refractivity contribution < 1.29 is 9.53 Å². The monoisotopic (exact) mass is 421 g/mol. The highest BCUT2D eigenvalue weighted by molar-refractivity contribution is 5.95. The molecule has 1 aliphatic rings. The van der Waals surface area contributed by atoms with Crippen molar-refractivity contribution in [2.75, 3.05) is 0 Å². The maximum absolute atomic E-state index is 12.9. The summed E-state index contributed by atoms with van der Waals surface area (Å²) >= 11 is 0. The van der Waals surface area contributed by atoms with Gasteiger partial charge in [0.25, 0.3) is 5.91 Å². The first kappa shape index (κ1) is 19.9. The standard InChI is InChI=1S/C27H23N3O2/c31-27(30-24-12-6-8-19-7-4-5-11-23(19)24)21-15-13-20(14-16-21)25-17-26(29-18-28-25)32-22-9-2-1-3-10-22/h1-5,7,9-11,13-18,24H,6,8,12H2,(H,30,31). The first-order chi connectivity index (χ1) is 15.8. The largest absolute Gasteiger partial charge is 0.439 e. The van der Waals surface area contributed by atoms with Crippen molar-refractivity contribution in [2.45, 2.75) is 25.3 Å². The van der Waals surface area contributed by atoms with Crippen LogP contribution in [0.1, 0.15) is 40.4 Å². The molecule has 32 heavy (non-hydrogen) atoms. The lowest BCUT2D eigenvalue weighted by Gasteiger charge is -2.26. The van der Waals surface area contributed by atoms with Crippen molar-refractivity contribution in [3.05, 3.63) is 108 Å². The Kier molecular flexibility index (Phi) is 5.62. The van der Waals surface area contributed by atoms with E-state index in [9.17, 15) is 4.79 Å². The van der Waals surface area contributed by atoms with Crippen LogP contribution < -0.4 is 10.1 Å². The lowest BCUT2D eigenvalue weighted by atomic mass is 9.87. The lowest BCUT2D eigenvalue weighted by Crippen LogP contribution is -2.30. The SMILES string of the molecule is O=C(NC1CCCc2ccccc21)c1ccc(-c2cc(Oc3ccccc3)ncn2)cc1. The molecule has 5 nitrogen and oxygen atoms in total. The molecular weight excluding hydrogens is 398 g/mol. The minimum atomic E-state index is -0.0611. The molecule has 0 aliphatic heterocycles. The zero-order valence-electron chi connectivity index (χ0n) is 17.6. The predicted octanol–water partition coefficient (Wildman–Crippen LogP) is 5.74. The summed E-state index contributed by atoms with van der Waals surface area (Å²) in [5.74, 6) is 1.13. The topological polar surface area (TPSA) is 64.1 Å². The van der Waals surface area contributed by atoms with E-state index in [-0.39, 0.29) is 11.9 Å². The number of aryl methyl sites for hydroxylation is 1. The van der Waals surface area contributed by atoms with Crippen LogP contribution in [0.15, 0.2) is 91.3 Å². The van der Waals surface area contributed by atoms with Gasteiger partial charge in [-0.3, -0.25) is 4.79 Å². The third kappa shape index (κ3) is 4.37. The van der Waals surface area contributed by atoms with E-state index >= 15 is 0 Å². The molecule has 0 saturated heterocycles. The number of para-hydroxylation sites is 1. The molecule has 5 rings (SSSR count). The number of benzene rings is 3. The summed E-state index contributed by atoms with van der Waals surface area (Å²) in [6.07, 6.45) is 4.61. The Labute approximate surface area is 187 Å². The molecular formula is C27H23N3O2. The van der Waals surface area contributed by atoms with Gasteiger partial charge in [-0.2, -0.15) is 0 Å². The second-order valence-electron chi connectivity index (χ2n) is 7.85. The van der Waals surface area contributed by atoms with Crippen LogP contribution in [0.5, 0.6) is 11.6 Å². The fourth-order valence-corrected chi connectivity index (χ4v) is 4.10. The number of nitrogens with zero attached hydrogens (tertiary/aromatic N) is 2. The molecule has 0 radical (unpaired) electrons. The number of carbonyl (C=O) groups excluding carboxylic acids is 1. The fraction of sp³-hybridized carbons (Fsp3) is 0.148. The number of aromatic nitrogens is 2. The predicted molar refractivity (Wildman–Crippen MR) is 124 cm³/mol. The third-order valence-corrected chi connectivity index (χ3v) is 5.73. The molecule has 1 unspecified atom stereocenters. The van der Waals surface area contributed by atoms with E-state index in [2.05, 4.69) is 33.5 Å². The Morgan fingerprint density at radius 3 is 2.53 bits per heavy atom. The van der Waals surface area contributed by atoms with Gasteiger partial charge in [0, 0.05) is 17.2 Å². The van der Waals surface area contributed by atoms with Crippen LogP contribution in [0.25, 0.3) is 11.3 Å². The van der Waals surface area contributed by atoms with Crippen molar-refractivity contribution in [3.8, 4) is 22.9 Å². The first-order valence-corrected chi connectivity index (χ1v) is 10.8. The highest BCUT2D eigenvalue weighted by Crippen LogP contribution is 2.30. The first-order valence-electron chi connectivity index (χ1n) is 10.8. The smallest absolute Gasteiger partial charge is 0.251 e. The van der Waals surface area contributed by atoms with E-state index in [0.717, 1.165) is 30.5 Å². The van der Waals surface area contributed by atoms with Crippen LogP contribution in [0.4, 0.5) is 0 Å². The lowest BCUT2D eigenvalue weighted by molar-refractivity contribution is 0.0933. The molecule has 1 heterocycles. The third-order valence-electron chi connectivity index (χ3n) is 5.73. The maximum atomic E-state index is 12.9. The van der Waals surface area contributed by atoms with Crippen molar-refractivity contribution in [2.24, 2.45) is 0 Å². The van der Waals surface area contributed by atoms with Gasteiger partial charge in [-0.25, -0.2) is 9.97 Å². The summed E-state index contributed by atoms with van der Waals surface area (Å²) in [6, 6.07) is 27.2. The van der Waals surface area contributed by atoms with Crippen LogP contribution in [-0.4, -0.2) is 15.9 Å². The molecule has 1 amide bonds. The molecule has 1 atom stereocenters. The van der Waals surface area contributed by atoms with Gasteiger partial charge in [0.05, 0.1) is 11.7 Å². The van der Waals surface area contributed by atoms with E-state index < -0.39 is 0 Å². The Morgan fingerprint density at radius 2 is 1.69 bits per heavy atom. The molecule has 1 aliphatic carbocycles. The number of hydrogen-bond acceptors (Lipinski definition) is 4. The summed E-state index contributed by atoms with van der Waals surface area (Å²) in [4.78, 5) is 21.4. The second-order valence-corrected chi connectivity index (χ2v) is 7.85. The Balaban J connectivity index is 1.29. The quantitative estimate of drug-likeness (QED) is 0.446. The van der Waals surface area contributed by atoms with Gasteiger partial charge in [0.15, 0.2) is 0 Å².